The summed E-state index contributed by atoms with van der Waals surface area (Å²) >= 11 is 0. The monoisotopic (exact) mass is 204 g/mol. The highest BCUT2D eigenvalue weighted by Gasteiger charge is 2.32. The first-order valence-corrected chi connectivity index (χ1v) is 4.89. The van der Waals surface area contributed by atoms with Crippen LogP contribution in [0, 0.1) is 17.2 Å². The second-order valence-corrected chi connectivity index (χ2v) is 3.84. The van der Waals surface area contributed by atoms with E-state index in [1.165, 1.54) is 0 Å². The fourth-order valence-corrected chi connectivity index (χ4v) is 1.43. The molecular formula is C10H12N4O. The van der Waals surface area contributed by atoms with Crippen LogP contribution in [0.15, 0.2) is 12.5 Å². The Bertz CT molecular complexity index is 413. The minimum Gasteiger partial charge on any atom is -0.340 e. The third kappa shape index (κ3) is 2.15. The van der Waals surface area contributed by atoms with Crippen molar-refractivity contribution in [2.75, 3.05) is 0 Å². The van der Waals surface area contributed by atoms with Gasteiger partial charge in [-0.1, -0.05) is 0 Å². The van der Waals surface area contributed by atoms with Gasteiger partial charge in [0.1, 0.15) is 11.7 Å². The lowest BCUT2D eigenvalue weighted by Crippen LogP contribution is -2.35. The maximum atomic E-state index is 11.6. The van der Waals surface area contributed by atoms with Crippen molar-refractivity contribution in [3.8, 4) is 6.07 Å². The lowest BCUT2D eigenvalue weighted by atomic mass is 10.2. The summed E-state index contributed by atoms with van der Waals surface area (Å²) in [4.78, 5) is 15.5. The largest absolute Gasteiger partial charge is 0.340 e. The van der Waals surface area contributed by atoms with Crippen LogP contribution < -0.4 is 5.32 Å². The van der Waals surface area contributed by atoms with Gasteiger partial charge < -0.3 is 9.88 Å². The maximum absolute atomic E-state index is 11.6. The van der Waals surface area contributed by atoms with Crippen LogP contribution in [-0.2, 0) is 7.05 Å². The van der Waals surface area contributed by atoms with Gasteiger partial charge in [-0.2, -0.15) is 5.26 Å². The minimum absolute atomic E-state index is 0.269. The number of carbonyl (C=O) groups is 1. The van der Waals surface area contributed by atoms with E-state index in [1.807, 2.05) is 0 Å². The first-order chi connectivity index (χ1) is 7.20. The van der Waals surface area contributed by atoms with Gasteiger partial charge in [-0.05, 0) is 18.8 Å². The Labute approximate surface area is 87.7 Å². The van der Waals surface area contributed by atoms with E-state index in [2.05, 4.69) is 16.4 Å². The summed E-state index contributed by atoms with van der Waals surface area (Å²) in [7, 11) is 1.80. The lowest BCUT2D eigenvalue weighted by Gasteiger charge is -2.08. The number of amides is 1. The van der Waals surface area contributed by atoms with Crippen molar-refractivity contribution in [3.63, 3.8) is 0 Å². The number of nitrogens with one attached hydrogen (secondary N) is 1. The predicted octanol–water partition coefficient (Wildman–Crippen LogP) is 0.452. The number of nitrogens with zero attached hydrogens (tertiary/aromatic N) is 3. The molecule has 1 N–H and O–H groups in total. The zero-order valence-electron chi connectivity index (χ0n) is 8.47. The third-order valence-corrected chi connectivity index (χ3v) is 2.46. The van der Waals surface area contributed by atoms with Crippen molar-refractivity contribution >= 4 is 5.91 Å². The fourth-order valence-electron chi connectivity index (χ4n) is 1.43. The quantitative estimate of drug-likeness (QED) is 0.777. The van der Waals surface area contributed by atoms with Crippen molar-refractivity contribution < 1.29 is 4.79 Å². The van der Waals surface area contributed by atoms with Crippen LogP contribution in [-0.4, -0.2) is 21.5 Å². The number of nitriles is 1. The molecule has 1 aliphatic rings. The normalized spacial score (nSPS) is 16.8. The summed E-state index contributed by atoms with van der Waals surface area (Å²) in [6.07, 6.45) is 5.26. The molecule has 2 rings (SSSR count). The average molecular weight is 204 g/mol. The number of rotatable bonds is 3. The molecule has 1 unspecified atom stereocenters. The van der Waals surface area contributed by atoms with E-state index in [-0.39, 0.29) is 11.9 Å². The number of aromatic nitrogens is 2. The molecular weight excluding hydrogens is 192 g/mol. The highest BCUT2D eigenvalue weighted by molar-refractivity contribution is 5.92. The van der Waals surface area contributed by atoms with Crippen LogP contribution in [0.1, 0.15) is 23.3 Å². The van der Waals surface area contributed by atoms with Crippen LogP contribution in [0.2, 0.25) is 0 Å². The SMILES string of the molecule is Cn1cnc(C(=O)NC(C#N)C2CC2)c1. The Kier molecular flexibility index (Phi) is 2.42. The van der Waals surface area contributed by atoms with E-state index in [9.17, 15) is 4.79 Å². The van der Waals surface area contributed by atoms with Gasteiger partial charge in [0.2, 0.25) is 0 Å². The Balaban J connectivity index is 2.00. The van der Waals surface area contributed by atoms with Gasteiger partial charge >= 0.3 is 0 Å². The van der Waals surface area contributed by atoms with Gasteiger partial charge in [0.05, 0.1) is 12.4 Å². The molecule has 0 bridgehead atoms. The molecule has 1 fully saturated rings. The van der Waals surface area contributed by atoms with Crippen LogP contribution >= 0.6 is 0 Å². The molecule has 1 aromatic heterocycles. The maximum Gasteiger partial charge on any atom is 0.272 e. The van der Waals surface area contributed by atoms with E-state index in [0.717, 1.165) is 12.8 Å². The summed E-state index contributed by atoms with van der Waals surface area (Å²) in [6, 6.07) is 1.74. The van der Waals surface area contributed by atoms with Crippen molar-refractivity contribution in [2.24, 2.45) is 13.0 Å². The summed E-state index contributed by atoms with van der Waals surface area (Å²) in [5.74, 6) is 0.0664. The number of aryl methyl sites for hydroxylation is 1. The van der Waals surface area contributed by atoms with Gasteiger partial charge in [-0.3, -0.25) is 4.79 Å². The summed E-state index contributed by atoms with van der Waals surface area (Å²) in [5.41, 5.74) is 0.360. The first-order valence-electron chi connectivity index (χ1n) is 4.89. The predicted molar refractivity (Wildman–Crippen MR) is 52.8 cm³/mol. The van der Waals surface area contributed by atoms with Crippen molar-refractivity contribution in [1.29, 1.82) is 5.26 Å². The van der Waals surface area contributed by atoms with Gasteiger partial charge in [0.25, 0.3) is 5.91 Å². The molecule has 0 aliphatic heterocycles. The zero-order chi connectivity index (χ0) is 10.8. The fraction of sp³-hybridized carbons (Fsp3) is 0.500. The van der Waals surface area contributed by atoms with Crippen LogP contribution in [0.4, 0.5) is 0 Å². The molecule has 1 amide bonds. The highest BCUT2D eigenvalue weighted by Crippen LogP contribution is 2.32. The molecule has 1 heterocycles. The van der Waals surface area contributed by atoms with Crippen molar-refractivity contribution in [2.45, 2.75) is 18.9 Å². The average Bonchev–Trinajstić information content (AvgIpc) is 2.97. The van der Waals surface area contributed by atoms with E-state index >= 15 is 0 Å². The summed E-state index contributed by atoms with van der Waals surface area (Å²) < 4.78 is 1.70. The molecule has 1 atom stereocenters. The second-order valence-electron chi connectivity index (χ2n) is 3.84. The van der Waals surface area contributed by atoms with Crippen LogP contribution in [0.25, 0.3) is 0 Å². The molecule has 5 heteroatoms. The van der Waals surface area contributed by atoms with Crippen molar-refractivity contribution in [1.82, 2.24) is 14.9 Å². The number of hydrogen-bond acceptors (Lipinski definition) is 3. The first kappa shape index (κ1) is 9.71. The third-order valence-electron chi connectivity index (χ3n) is 2.46. The highest BCUT2D eigenvalue weighted by atomic mass is 16.2. The van der Waals surface area contributed by atoms with E-state index in [4.69, 9.17) is 5.26 Å². The molecule has 78 valence electrons. The Morgan fingerprint density at radius 1 is 1.80 bits per heavy atom. The standard InChI is InChI=1S/C10H12N4O/c1-14-5-9(12-6-14)10(15)13-8(4-11)7-2-3-7/h5-8H,2-3H2,1H3,(H,13,15). The number of imidazole rings is 1. The van der Waals surface area contributed by atoms with Crippen LogP contribution in [0.5, 0.6) is 0 Å². The zero-order valence-corrected chi connectivity index (χ0v) is 8.47. The molecule has 1 aliphatic carbocycles. The molecule has 5 nitrogen and oxygen atoms in total. The Morgan fingerprint density at radius 2 is 2.53 bits per heavy atom. The van der Waals surface area contributed by atoms with E-state index in [0.29, 0.717) is 11.6 Å². The topological polar surface area (TPSA) is 70.7 Å². The minimum atomic E-state index is -0.362. The molecule has 1 aromatic rings. The van der Waals surface area contributed by atoms with Crippen molar-refractivity contribution in [3.05, 3.63) is 18.2 Å². The Hall–Kier alpha value is -1.83. The molecule has 0 saturated heterocycles. The van der Waals surface area contributed by atoms with Gasteiger partial charge in [-0.25, -0.2) is 4.98 Å². The number of carbonyl (C=O) groups excluding carboxylic acids is 1. The summed E-state index contributed by atoms with van der Waals surface area (Å²) in [5, 5.41) is 11.5. The van der Waals surface area contributed by atoms with Gasteiger partial charge in [0, 0.05) is 13.2 Å². The Morgan fingerprint density at radius 3 is 3.00 bits per heavy atom. The van der Waals surface area contributed by atoms with Crippen LogP contribution in [0.3, 0.4) is 0 Å². The second kappa shape index (κ2) is 3.73. The molecule has 0 aromatic carbocycles. The number of hydrogen-bond donors (Lipinski definition) is 1. The molecule has 0 radical (unpaired) electrons. The van der Waals surface area contributed by atoms with E-state index < -0.39 is 0 Å². The molecule has 0 spiro atoms. The van der Waals surface area contributed by atoms with Gasteiger partial charge in [0.15, 0.2) is 0 Å². The smallest absolute Gasteiger partial charge is 0.272 e. The molecule has 1 saturated carbocycles. The van der Waals surface area contributed by atoms with Gasteiger partial charge in [-0.15, -0.1) is 0 Å². The van der Waals surface area contributed by atoms with E-state index in [1.54, 1.807) is 24.1 Å². The molecule has 15 heavy (non-hydrogen) atoms. The lowest BCUT2D eigenvalue weighted by molar-refractivity contribution is 0.0937. The summed E-state index contributed by atoms with van der Waals surface area (Å²) in [6.45, 7) is 0.